The van der Waals surface area contributed by atoms with Gasteiger partial charge in [0.05, 0.1) is 0 Å². The van der Waals surface area contributed by atoms with Gasteiger partial charge in [-0.25, -0.2) is 9.59 Å². The van der Waals surface area contributed by atoms with Crippen molar-refractivity contribution in [1.29, 1.82) is 0 Å². The van der Waals surface area contributed by atoms with Crippen LogP contribution in [0.5, 0.6) is 0 Å². The summed E-state index contributed by atoms with van der Waals surface area (Å²) in [7, 11) is 2.22. The van der Waals surface area contributed by atoms with Gasteiger partial charge in [0.15, 0.2) is 0 Å². The number of likely N-dealkylation sites (tertiary alicyclic amines) is 1. The lowest BCUT2D eigenvalue weighted by molar-refractivity contribution is -0.134. The van der Waals surface area contributed by atoms with Crippen LogP contribution in [0.25, 0.3) is 0 Å². The average molecular weight is 460 g/mol. The summed E-state index contributed by atoms with van der Waals surface area (Å²) >= 11 is 6.07. The minimum atomic E-state index is -1.26. The minimum absolute atomic E-state index is 0.455. The molecule has 6 nitrogen and oxygen atoms in total. The maximum atomic E-state index is 9.55. The van der Waals surface area contributed by atoms with Gasteiger partial charge in [-0.05, 0) is 63.0 Å². The molecule has 172 valence electrons. The molecule has 2 aromatic rings. The molecule has 2 atom stereocenters. The molecule has 0 aliphatic carbocycles. The molecule has 0 radical (unpaired) electrons. The van der Waals surface area contributed by atoms with Crippen molar-refractivity contribution in [3.63, 3.8) is 0 Å². The Balaban J connectivity index is 0.000000390. The molecule has 1 aliphatic heterocycles. The van der Waals surface area contributed by atoms with Crippen molar-refractivity contribution < 1.29 is 24.5 Å². The highest BCUT2D eigenvalue weighted by Gasteiger charge is 2.30. The van der Waals surface area contributed by atoms with Gasteiger partial charge in [0, 0.05) is 29.8 Å². The second-order valence-electron chi connectivity index (χ2n) is 7.83. The molecule has 0 aromatic heterocycles. The Kier molecular flexibility index (Phi) is 9.91. The summed E-state index contributed by atoms with van der Waals surface area (Å²) in [5.74, 6) is -2.51. The Morgan fingerprint density at radius 2 is 1.62 bits per heavy atom. The van der Waals surface area contributed by atoms with Gasteiger partial charge in [0.1, 0.15) is 5.60 Å². The smallest absolute Gasteiger partial charge is 0.328 e. The molecule has 2 aromatic carbocycles. The van der Waals surface area contributed by atoms with E-state index in [9.17, 15) is 9.59 Å². The number of aliphatic carboxylic acids is 2. The first-order valence-electron chi connectivity index (χ1n) is 10.5. The molecule has 2 N–H and O–H groups in total. The SMILES string of the molecule is CN1CCC[C@H]1CCO[C@@](C)(c1ccccc1)c1ccc(Cl)cc1.O=C(O)/C=C/C(=O)O. The lowest BCUT2D eigenvalue weighted by atomic mass is 9.88. The second-order valence-corrected chi connectivity index (χ2v) is 8.27. The summed E-state index contributed by atoms with van der Waals surface area (Å²) in [6.07, 6.45) is 4.77. The number of halogens is 1. The summed E-state index contributed by atoms with van der Waals surface area (Å²) in [6, 6.07) is 19.1. The van der Waals surface area contributed by atoms with E-state index >= 15 is 0 Å². The van der Waals surface area contributed by atoms with Crippen LogP contribution >= 0.6 is 11.6 Å². The number of carboxylic acid groups (broad SMARTS) is 2. The summed E-state index contributed by atoms with van der Waals surface area (Å²) in [5.41, 5.74) is 1.85. The Hall–Kier alpha value is -2.67. The van der Waals surface area contributed by atoms with E-state index in [2.05, 4.69) is 55.3 Å². The van der Waals surface area contributed by atoms with Crippen molar-refractivity contribution in [2.75, 3.05) is 20.2 Å². The van der Waals surface area contributed by atoms with Gasteiger partial charge < -0.3 is 19.8 Å². The van der Waals surface area contributed by atoms with E-state index in [1.807, 2.05) is 18.2 Å². The van der Waals surface area contributed by atoms with Crippen LogP contribution in [0.15, 0.2) is 66.7 Å². The number of nitrogens with zero attached hydrogens (tertiary/aromatic N) is 1. The zero-order chi connectivity index (χ0) is 23.6. The van der Waals surface area contributed by atoms with Gasteiger partial charge in [-0.3, -0.25) is 0 Å². The van der Waals surface area contributed by atoms with E-state index in [0.29, 0.717) is 18.2 Å². The van der Waals surface area contributed by atoms with Crippen LogP contribution in [-0.2, 0) is 19.9 Å². The molecular formula is C25H30ClNO5. The number of hydrogen-bond donors (Lipinski definition) is 2. The summed E-state index contributed by atoms with van der Waals surface area (Å²) in [5, 5.41) is 16.4. The lowest BCUT2D eigenvalue weighted by Crippen LogP contribution is -2.31. The summed E-state index contributed by atoms with van der Waals surface area (Å²) in [6.45, 7) is 4.12. The highest BCUT2D eigenvalue weighted by atomic mass is 35.5. The number of ether oxygens (including phenoxy) is 1. The summed E-state index contributed by atoms with van der Waals surface area (Å²) < 4.78 is 6.48. The number of carboxylic acids is 2. The Bertz CT molecular complexity index is 884. The maximum Gasteiger partial charge on any atom is 0.328 e. The zero-order valence-electron chi connectivity index (χ0n) is 18.4. The Morgan fingerprint density at radius 1 is 1.06 bits per heavy atom. The van der Waals surface area contributed by atoms with Crippen molar-refractivity contribution in [3.8, 4) is 0 Å². The fraction of sp³-hybridized carbons (Fsp3) is 0.360. The quantitative estimate of drug-likeness (QED) is 0.550. The number of hydrogen-bond acceptors (Lipinski definition) is 4. The largest absolute Gasteiger partial charge is 0.478 e. The van der Waals surface area contributed by atoms with Crippen LogP contribution in [-0.4, -0.2) is 53.3 Å². The van der Waals surface area contributed by atoms with Gasteiger partial charge in [0.2, 0.25) is 0 Å². The number of carbonyl (C=O) groups is 2. The van der Waals surface area contributed by atoms with Crippen LogP contribution in [0.1, 0.15) is 37.3 Å². The fourth-order valence-corrected chi connectivity index (χ4v) is 3.87. The fourth-order valence-electron chi connectivity index (χ4n) is 3.74. The molecule has 0 saturated carbocycles. The van der Waals surface area contributed by atoms with Gasteiger partial charge in [-0.1, -0.05) is 54.1 Å². The van der Waals surface area contributed by atoms with Crippen LogP contribution in [0.4, 0.5) is 0 Å². The van der Waals surface area contributed by atoms with Crippen molar-refractivity contribution in [3.05, 3.63) is 82.9 Å². The topological polar surface area (TPSA) is 87.1 Å². The molecule has 7 heteroatoms. The van der Waals surface area contributed by atoms with Crippen LogP contribution in [0, 0.1) is 0 Å². The van der Waals surface area contributed by atoms with Crippen molar-refractivity contribution in [2.24, 2.45) is 0 Å². The molecule has 1 heterocycles. The van der Waals surface area contributed by atoms with E-state index < -0.39 is 17.5 Å². The molecule has 0 unspecified atom stereocenters. The number of benzene rings is 2. The maximum absolute atomic E-state index is 9.55. The van der Waals surface area contributed by atoms with Gasteiger partial charge in [-0.15, -0.1) is 0 Å². The van der Waals surface area contributed by atoms with Crippen LogP contribution in [0.2, 0.25) is 5.02 Å². The molecule has 1 saturated heterocycles. The van der Waals surface area contributed by atoms with E-state index in [1.54, 1.807) is 0 Å². The molecule has 0 bridgehead atoms. The van der Waals surface area contributed by atoms with Crippen LogP contribution in [0.3, 0.4) is 0 Å². The second kappa shape index (κ2) is 12.4. The minimum Gasteiger partial charge on any atom is -0.478 e. The molecule has 1 aliphatic rings. The van der Waals surface area contributed by atoms with E-state index in [-0.39, 0.29) is 0 Å². The lowest BCUT2D eigenvalue weighted by Gasteiger charge is -2.32. The van der Waals surface area contributed by atoms with E-state index in [0.717, 1.165) is 23.6 Å². The molecule has 0 spiro atoms. The van der Waals surface area contributed by atoms with Gasteiger partial charge >= 0.3 is 11.9 Å². The van der Waals surface area contributed by atoms with E-state index in [4.69, 9.17) is 26.6 Å². The van der Waals surface area contributed by atoms with Crippen molar-refractivity contribution in [1.82, 2.24) is 4.90 Å². The predicted octanol–water partition coefficient (Wildman–Crippen LogP) is 4.82. The predicted molar refractivity (Wildman–Crippen MR) is 125 cm³/mol. The van der Waals surface area contributed by atoms with E-state index in [1.165, 1.54) is 24.9 Å². The standard InChI is InChI=1S/C21H26ClNO.C4H4O4/c1-21(17-7-4-3-5-8-17,18-10-12-19(22)13-11-18)24-16-14-20-9-6-15-23(20)2;5-3(6)1-2-4(7)8/h3-5,7-8,10-13,20H,6,9,14-16H2,1-2H3;1-2H,(H,5,6)(H,7,8)/b;2-1+/t20-,21-;/m0./s1. The first-order chi connectivity index (χ1) is 15.2. The molecule has 1 fully saturated rings. The summed E-state index contributed by atoms with van der Waals surface area (Å²) in [4.78, 5) is 21.6. The van der Waals surface area contributed by atoms with Gasteiger partial charge in [0.25, 0.3) is 0 Å². The van der Waals surface area contributed by atoms with Crippen molar-refractivity contribution in [2.45, 2.75) is 37.8 Å². The highest BCUT2D eigenvalue weighted by Crippen LogP contribution is 2.34. The molecular weight excluding hydrogens is 430 g/mol. The molecule has 3 rings (SSSR count). The number of rotatable bonds is 8. The first-order valence-corrected chi connectivity index (χ1v) is 10.9. The molecule has 32 heavy (non-hydrogen) atoms. The first kappa shape index (κ1) is 25.6. The average Bonchev–Trinajstić information content (AvgIpc) is 3.18. The Labute approximate surface area is 194 Å². The van der Waals surface area contributed by atoms with Crippen LogP contribution < -0.4 is 0 Å². The third-order valence-corrected chi connectivity index (χ3v) is 5.85. The third-order valence-electron chi connectivity index (χ3n) is 5.60. The normalized spacial score (nSPS) is 18.0. The Morgan fingerprint density at radius 3 is 2.12 bits per heavy atom. The monoisotopic (exact) mass is 459 g/mol. The third kappa shape index (κ3) is 7.79. The highest BCUT2D eigenvalue weighted by molar-refractivity contribution is 6.30. The van der Waals surface area contributed by atoms with Crippen molar-refractivity contribution >= 4 is 23.5 Å². The molecule has 0 amide bonds. The zero-order valence-corrected chi connectivity index (χ0v) is 19.2. The van der Waals surface area contributed by atoms with Gasteiger partial charge in [-0.2, -0.15) is 0 Å².